The molecule has 0 fully saturated rings. The van der Waals surface area contributed by atoms with E-state index in [0.717, 1.165) is 0 Å². The Labute approximate surface area is 57.3 Å². The summed E-state index contributed by atoms with van der Waals surface area (Å²) in [6.07, 6.45) is 12.7. The van der Waals surface area contributed by atoms with Gasteiger partial charge in [-0.2, -0.15) is 0 Å². The SMILES string of the molecule is C/C=[C]/C1=CCCCC1. The molecule has 1 rings (SSSR count). The summed E-state index contributed by atoms with van der Waals surface area (Å²) in [6, 6.07) is 0. The summed E-state index contributed by atoms with van der Waals surface area (Å²) in [5, 5.41) is 0. The first-order valence-corrected chi connectivity index (χ1v) is 3.67. The van der Waals surface area contributed by atoms with Crippen LogP contribution in [0.25, 0.3) is 0 Å². The fourth-order valence-electron chi connectivity index (χ4n) is 1.15. The second-order valence-electron chi connectivity index (χ2n) is 2.41. The second kappa shape index (κ2) is 3.49. The van der Waals surface area contributed by atoms with Crippen LogP contribution in [-0.4, -0.2) is 0 Å². The van der Waals surface area contributed by atoms with Gasteiger partial charge in [-0.15, -0.1) is 0 Å². The molecular weight excluding hydrogens is 108 g/mol. The van der Waals surface area contributed by atoms with E-state index in [1.165, 1.54) is 31.3 Å². The summed E-state index contributed by atoms with van der Waals surface area (Å²) in [7, 11) is 0. The van der Waals surface area contributed by atoms with Crippen LogP contribution in [0.1, 0.15) is 32.6 Å². The van der Waals surface area contributed by atoms with Gasteiger partial charge in [0.1, 0.15) is 0 Å². The third-order valence-electron chi connectivity index (χ3n) is 1.62. The van der Waals surface area contributed by atoms with Gasteiger partial charge in [-0.3, -0.25) is 0 Å². The molecule has 1 radical (unpaired) electrons. The highest BCUT2D eigenvalue weighted by Crippen LogP contribution is 2.17. The van der Waals surface area contributed by atoms with E-state index >= 15 is 0 Å². The lowest BCUT2D eigenvalue weighted by molar-refractivity contribution is 0.709. The summed E-state index contributed by atoms with van der Waals surface area (Å²) in [6.45, 7) is 2.02. The van der Waals surface area contributed by atoms with Crippen LogP contribution < -0.4 is 0 Å². The topological polar surface area (TPSA) is 0 Å². The molecule has 0 aromatic rings. The summed E-state index contributed by atoms with van der Waals surface area (Å²) < 4.78 is 0. The van der Waals surface area contributed by atoms with E-state index in [1.807, 2.05) is 13.0 Å². The summed E-state index contributed by atoms with van der Waals surface area (Å²) in [4.78, 5) is 0. The Morgan fingerprint density at radius 2 is 2.44 bits per heavy atom. The van der Waals surface area contributed by atoms with Gasteiger partial charge in [0, 0.05) is 0 Å². The van der Waals surface area contributed by atoms with Crippen LogP contribution in [0.15, 0.2) is 17.7 Å². The number of rotatable bonds is 1. The molecular formula is C9H13. The number of hydrogen-bond acceptors (Lipinski definition) is 0. The summed E-state index contributed by atoms with van der Waals surface area (Å²) >= 11 is 0. The zero-order valence-electron chi connectivity index (χ0n) is 5.98. The van der Waals surface area contributed by atoms with Crippen LogP contribution in [0.3, 0.4) is 0 Å². The lowest BCUT2D eigenvalue weighted by Gasteiger charge is -2.06. The Balaban J connectivity index is 2.46. The molecule has 0 bridgehead atoms. The lowest BCUT2D eigenvalue weighted by atomic mass is 9.99. The molecule has 0 N–H and O–H groups in total. The van der Waals surface area contributed by atoms with Gasteiger partial charge in [0.25, 0.3) is 0 Å². The zero-order valence-corrected chi connectivity index (χ0v) is 5.98. The normalized spacial score (nSPS) is 20.3. The molecule has 49 valence electrons. The van der Waals surface area contributed by atoms with Crippen LogP contribution in [0, 0.1) is 6.08 Å². The quantitative estimate of drug-likeness (QED) is 0.500. The van der Waals surface area contributed by atoms with Gasteiger partial charge < -0.3 is 0 Å². The van der Waals surface area contributed by atoms with Crippen molar-refractivity contribution in [3.63, 3.8) is 0 Å². The molecule has 0 aromatic carbocycles. The molecule has 0 aromatic heterocycles. The second-order valence-corrected chi connectivity index (χ2v) is 2.41. The first-order valence-electron chi connectivity index (χ1n) is 3.67. The molecule has 0 spiro atoms. The minimum absolute atomic E-state index is 1.24. The Morgan fingerprint density at radius 3 is 3.00 bits per heavy atom. The van der Waals surface area contributed by atoms with Crippen LogP contribution in [-0.2, 0) is 0 Å². The molecule has 9 heavy (non-hydrogen) atoms. The van der Waals surface area contributed by atoms with E-state index in [1.54, 1.807) is 0 Å². The van der Waals surface area contributed by atoms with E-state index in [4.69, 9.17) is 0 Å². The average molecular weight is 121 g/mol. The maximum absolute atomic E-state index is 3.22. The van der Waals surface area contributed by atoms with Crippen LogP contribution in [0.5, 0.6) is 0 Å². The van der Waals surface area contributed by atoms with Crippen LogP contribution in [0.4, 0.5) is 0 Å². The summed E-state index contributed by atoms with van der Waals surface area (Å²) in [5.41, 5.74) is 1.41. The molecule has 0 aliphatic heterocycles. The smallest absolute Gasteiger partial charge is 0.0198 e. The molecule has 1 aliphatic carbocycles. The van der Waals surface area contributed by atoms with Crippen molar-refractivity contribution in [2.24, 2.45) is 0 Å². The van der Waals surface area contributed by atoms with Crippen molar-refractivity contribution in [1.29, 1.82) is 0 Å². The third-order valence-corrected chi connectivity index (χ3v) is 1.62. The minimum atomic E-state index is 1.24. The van der Waals surface area contributed by atoms with Gasteiger partial charge in [-0.1, -0.05) is 12.2 Å². The van der Waals surface area contributed by atoms with Crippen molar-refractivity contribution in [1.82, 2.24) is 0 Å². The van der Waals surface area contributed by atoms with Crippen molar-refractivity contribution in [3.05, 3.63) is 23.8 Å². The Morgan fingerprint density at radius 1 is 1.56 bits per heavy atom. The van der Waals surface area contributed by atoms with Crippen molar-refractivity contribution < 1.29 is 0 Å². The van der Waals surface area contributed by atoms with Gasteiger partial charge >= 0.3 is 0 Å². The zero-order chi connectivity index (χ0) is 6.53. The Hall–Kier alpha value is -0.520. The molecule has 0 amide bonds. The van der Waals surface area contributed by atoms with Crippen molar-refractivity contribution in [2.75, 3.05) is 0 Å². The molecule has 0 heteroatoms. The molecule has 0 heterocycles. The van der Waals surface area contributed by atoms with E-state index in [9.17, 15) is 0 Å². The monoisotopic (exact) mass is 121 g/mol. The highest BCUT2D eigenvalue weighted by atomic mass is 14.0. The number of allylic oxidation sites excluding steroid dienone is 4. The summed E-state index contributed by atoms with van der Waals surface area (Å²) in [5.74, 6) is 0. The van der Waals surface area contributed by atoms with E-state index < -0.39 is 0 Å². The minimum Gasteiger partial charge on any atom is -0.0807 e. The first-order chi connectivity index (χ1) is 4.43. The van der Waals surface area contributed by atoms with Crippen molar-refractivity contribution in [2.45, 2.75) is 32.6 Å². The third kappa shape index (κ3) is 2.05. The van der Waals surface area contributed by atoms with Gasteiger partial charge in [-0.05, 0) is 44.3 Å². The van der Waals surface area contributed by atoms with Gasteiger partial charge in [0.15, 0.2) is 0 Å². The molecule has 0 atom stereocenters. The van der Waals surface area contributed by atoms with Gasteiger partial charge in [-0.25, -0.2) is 0 Å². The Kier molecular flexibility index (Phi) is 2.56. The van der Waals surface area contributed by atoms with E-state index in [-0.39, 0.29) is 0 Å². The van der Waals surface area contributed by atoms with Crippen molar-refractivity contribution >= 4 is 0 Å². The largest absolute Gasteiger partial charge is 0.0807 e. The van der Waals surface area contributed by atoms with E-state index in [2.05, 4.69) is 12.2 Å². The van der Waals surface area contributed by atoms with Gasteiger partial charge in [0.2, 0.25) is 0 Å². The predicted octanol–water partition coefficient (Wildman–Crippen LogP) is 2.87. The number of hydrogen-bond donors (Lipinski definition) is 0. The van der Waals surface area contributed by atoms with Gasteiger partial charge in [0.05, 0.1) is 0 Å². The first kappa shape index (κ1) is 6.60. The maximum atomic E-state index is 3.22. The van der Waals surface area contributed by atoms with Crippen LogP contribution >= 0.6 is 0 Å². The molecule has 0 saturated carbocycles. The fraction of sp³-hybridized carbons (Fsp3) is 0.556. The fourth-order valence-corrected chi connectivity index (χ4v) is 1.15. The molecule has 0 saturated heterocycles. The Bertz CT molecular complexity index is 129. The highest BCUT2D eigenvalue weighted by Gasteiger charge is 1.98. The lowest BCUT2D eigenvalue weighted by Crippen LogP contribution is -1.87. The molecule has 0 nitrogen and oxygen atoms in total. The molecule has 0 unspecified atom stereocenters. The highest BCUT2D eigenvalue weighted by molar-refractivity contribution is 5.13. The van der Waals surface area contributed by atoms with E-state index in [0.29, 0.717) is 0 Å². The standard InChI is InChI=1S/C9H13/c1-2-6-9-7-4-3-5-8-9/h2,7H,3-5,8H2,1H3. The van der Waals surface area contributed by atoms with Crippen molar-refractivity contribution in [3.8, 4) is 0 Å². The predicted molar refractivity (Wildman–Crippen MR) is 40.0 cm³/mol. The maximum Gasteiger partial charge on any atom is -0.0198 e. The average Bonchev–Trinajstić information content (AvgIpc) is 1.91. The van der Waals surface area contributed by atoms with Crippen LogP contribution in [0.2, 0.25) is 0 Å². The molecule has 1 aliphatic rings.